The third-order valence-corrected chi connectivity index (χ3v) is 24.7. The first-order chi connectivity index (χ1) is 49.6. The van der Waals surface area contributed by atoms with Gasteiger partial charge >= 0.3 is 36.0 Å². The number of fused-ring (bicyclic) bond motifs is 3. The summed E-state index contributed by atoms with van der Waals surface area (Å²) >= 11 is 1.28. The lowest BCUT2D eigenvalue weighted by Crippen LogP contribution is -2.64. The van der Waals surface area contributed by atoms with Crippen molar-refractivity contribution in [1.29, 1.82) is 0 Å². The van der Waals surface area contributed by atoms with Crippen molar-refractivity contribution in [2.45, 2.75) is 156 Å². The summed E-state index contributed by atoms with van der Waals surface area (Å²) in [7, 11) is -11.9. The van der Waals surface area contributed by atoms with E-state index in [0.29, 0.717) is 32.1 Å². The molecule has 11 rings (SSSR count). The Bertz CT molecular complexity index is 4290. The fraction of sp³-hybridized carbons (Fsp3) is 0.384. The lowest BCUT2D eigenvalue weighted by Gasteiger charge is -2.49. The van der Waals surface area contributed by atoms with Gasteiger partial charge in [0.1, 0.15) is 36.3 Å². The highest BCUT2D eigenvalue weighted by Crippen LogP contribution is 2.44. The molecular formula is C73H96N12O18S4. The number of urea groups is 3. The molecule has 0 spiro atoms. The van der Waals surface area contributed by atoms with Crippen molar-refractivity contribution in [3.05, 3.63) is 199 Å². The molecule has 9 amide bonds. The first-order valence-electron chi connectivity index (χ1n) is 33.2. The number of piperidine rings is 2. The Labute approximate surface area is 629 Å². The van der Waals surface area contributed by atoms with E-state index in [-0.39, 0.29) is 107 Å². The minimum Gasteiger partial charge on any atom is -0.480 e. The number of hydrogen-bond donors (Lipinski definition) is 12. The molecule has 0 aromatic heterocycles. The molecule has 107 heavy (non-hydrogen) atoms. The average molecular weight is 1560 g/mol. The van der Waals surface area contributed by atoms with Crippen molar-refractivity contribution >= 4 is 95.6 Å². The number of carboxylic acid groups (broad SMARTS) is 3. The van der Waals surface area contributed by atoms with E-state index in [4.69, 9.17) is 0 Å². The zero-order valence-electron chi connectivity index (χ0n) is 56.8. The molecule has 6 atom stereocenters. The highest BCUT2D eigenvalue weighted by atomic mass is 32.2. The highest BCUT2D eigenvalue weighted by Gasteiger charge is 2.53. The van der Waals surface area contributed by atoms with Crippen molar-refractivity contribution in [2.75, 3.05) is 32.1 Å². The second-order valence-corrected chi connectivity index (χ2v) is 32.3. The van der Waals surface area contributed by atoms with Crippen LogP contribution in [0.5, 0.6) is 0 Å². The Morgan fingerprint density at radius 3 is 1.12 bits per heavy atom. The Morgan fingerprint density at radius 1 is 0.430 bits per heavy atom. The Kier molecular flexibility index (Phi) is 33.3. The van der Waals surface area contributed by atoms with Crippen molar-refractivity contribution in [2.24, 2.45) is 5.92 Å². The van der Waals surface area contributed by atoms with Crippen molar-refractivity contribution in [1.82, 2.24) is 60.8 Å². The molecule has 34 heteroatoms. The third kappa shape index (κ3) is 24.0. The number of thioether (sulfide) groups is 1. The summed E-state index contributed by atoms with van der Waals surface area (Å²) in [5.74, 6) is -6.33. The normalized spacial score (nSPS) is 18.8. The monoisotopic (exact) mass is 1560 g/mol. The maximum Gasteiger partial charge on any atom is 0.328 e. The standard InChI is InChI=1S/C25H30N4O6S.C23H28N4O6S2.C22H26N4O6S.3CH4/c30-23(28-21(24(31)32)16-27-25(33)26-15-17-7-3-1-4-8-17)22-18-11-13-19(14-12-18)29(22)36(34,35)20-9-5-2-6-10-20;1-23(2)19(27(15-34-23)35(32,33)17-11-7-4-8-12-17)20(28)26-18(21(29)30)14-25-22(31)24-13-16-9-5-3-6-10-16;27-20(19-12-7-13-26(19)33(31,32)17-10-5-2-6-11-17)25-18(21(28)29)15-24-22(30)23-14-16-8-3-1-4-9-16;;;/h1-10,18-19,21-22H,11-16H2,(H,28,30)(H,31,32)(H2,26,27,33);3-12,18-19H,13-15H2,1-2H3,(H,26,28)(H,29,30)(H2,24,25,31);1-6,8-11,18-19H,7,12-15H2,(H,25,27)(H,28,29)(H2,23,24,30);3*1H4/t18?,19?,21-,22-;18-,19+;18-,19-;;;/m000.../s1. The molecule has 6 aromatic carbocycles. The van der Waals surface area contributed by atoms with Gasteiger partial charge in [0.15, 0.2) is 0 Å². The average Bonchev–Trinajstić information content (AvgIpc) is 1.51. The number of aliphatic carboxylic acids is 3. The van der Waals surface area contributed by atoms with Gasteiger partial charge in [-0.1, -0.05) is 168 Å². The number of nitrogens with zero attached hydrogens (tertiary/aromatic N) is 3. The van der Waals surface area contributed by atoms with E-state index < -0.39 is 125 Å². The number of carbonyl (C=O) groups is 9. The minimum atomic E-state index is -3.99. The van der Waals surface area contributed by atoms with Gasteiger partial charge in [0.05, 0.1) is 40.2 Å². The fourth-order valence-corrected chi connectivity index (χ4v) is 18.9. The lowest BCUT2D eigenvalue weighted by molar-refractivity contribution is -0.143. The summed E-state index contributed by atoms with van der Waals surface area (Å²) in [6.07, 6.45) is 3.46. The van der Waals surface area contributed by atoms with Gasteiger partial charge in [0.25, 0.3) is 0 Å². The summed E-state index contributed by atoms with van der Waals surface area (Å²) in [4.78, 5) is 111. The summed E-state index contributed by atoms with van der Waals surface area (Å²) in [5, 5.41) is 51.1. The molecule has 30 nitrogen and oxygen atoms in total. The predicted octanol–water partition coefficient (Wildman–Crippen LogP) is 6.10. The third-order valence-electron chi connectivity index (χ3n) is 17.5. The molecule has 6 aromatic rings. The molecule has 0 unspecified atom stereocenters. The van der Waals surface area contributed by atoms with Gasteiger partial charge in [-0.2, -0.15) is 12.9 Å². The first-order valence-corrected chi connectivity index (χ1v) is 38.5. The summed E-state index contributed by atoms with van der Waals surface area (Å²) in [6, 6.07) is 41.5. The van der Waals surface area contributed by atoms with Crippen LogP contribution >= 0.6 is 11.8 Å². The number of benzene rings is 6. The predicted molar refractivity (Wildman–Crippen MR) is 403 cm³/mol. The maximum atomic E-state index is 13.5. The van der Waals surface area contributed by atoms with Gasteiger partial charge in [-0.15, -0.1) is 11.8 Å². The van der Waals surface area contributed by atoms with E-state index in [1.54, 1.807) is 68.4 Å². The fourth-order valence-electron chi connectivity index (χ4n) is 12.1. The number of nitrogens with one attached hydrogen (secondary N) is 9. The van der Waals surface area contributed by atoms with Gasteiger partial charge in [0, 0.05) is 37.0 Å². The van der Waals surface area contributed by atoms with Crippen LogP contribution in [0.3, 0.4) is 0 Å². The second-order valence-electron chi connectivity index (χ2n) is 25.1. The summed E-state index contributed by atoms with van der Waals surface area (Å²) < 4.78 is 81.9. The van der Waals surface area contributed by atoms with E-state index in [1.165, 1.54) is 52.5 Å². The number of hydrogen-bond acceptors (Lipinski definition) is 16. The van der Waals surface area contributed by atoms with Crippen LogP contribution < -0.4 is 47.9 Å². The van der Waals surface area contributed by atoms with Crippen LogP contribution in [0.15, 0.2) is 197 Å². The molecule has 580 valence electrons. The zero-order chi connectivity index (χ0) is 75.2. The molecule has 4 heterocycles. The molecule has 12 N–H and O–H groups in total. The minimum absolute atomic E-state index is 0. The molecule has 5 aliphatic rings. The van der Waals surface area contributed by atoms with Crippen molar-refractivity contribution in [3.63, 3.8) is 0 Å². The number of sulfonamides is 3. The Hall–Kier alpha value is -9.97. The van der Waals surface area contributed by atoms with E-state index in [9.17, 15) is 83.7 Å². The zero-order valence-corrected chi connectivity index (χ0v) is 60.0. The number of carboxylic acids is 3. The Balaban J connectivity index is 0.000000284. The van der Waals surface area contributed by atoms with E-state index >= 15 is 0 Å². The maximum absolute atomic E-state index is 13.5. The van der Waals surface area contributed by atoms with Gasteiger partial charge in [-0.3, -0.25) is 14.4 Å². The number of amides is 9. The van der Waals surface area contributed by atoms with Gasteiger partial charge in [0.2, 0.25) is 47.8 Å². The van der Waals surface area contributed by atoms with Gasteiger partial charge in [-0.25, -0.2) is 54.0 Å². The van der Waals surface area contributed by atoms with Crippen LogP contribution in [0.2, 0.25) is 0 Å². The van der Waals surface area contributed by atoms with Crippen LogP contribution in [0.4, 0.5) is 14.4 Å². The highest BCUT2D eigenvalue weighted by molar-refractivity contribution is 8.02. The molecular weight excluding hydrogens is 1460 g/mol. The largest absolute Gasteiger partial charge is 0.480 e. The summed E-state index contributed by atoms with van der Waals surface area (Å²) in [6.45, 7) is 3.28. The van der Waals surface area contributed by atoms with Gasteiger partial charge < -0.3 is 63.2 Å². The second kappa shape index (κ2) is 40.7. The van der Waals surface area contributed by atoms with E-state index in [0.717, 1.165) is 25.3 Å². The lowest BCUT2D eigenvalue weighted by atomic mass is 9.76. The number of carbonyl (C=O) groups excluding carboxylic acids is 6. The molecule has 1 saturated carbocycles. The SMILES string of the molecule is C.C.C.CC1(C)SCN(S(=O)(=O)c2ccccc2)[C@@H]1C(=O)N[C@@H](CNC(=O)NCc1ccccc1)C(=O)O.O=C(NCc1ccccc1)NC[C@H](NC(=O)[C@@H]1C2CCC(CC2)N1S(=O)(=O)c1ccccc1)C(=O)O.O=C(NCc1ccccc1)NC[C@H](NC(=O)[C@@H]1CCCN1S(=O)(=O)c1ccccc1)C(=O)O. The van der Waals surface area contributed by atoms with Crippen molar-refractivity contribution in [3.8, 4) is 0 Å². The molecule has 1 aliphatic carbocycles. The van der Waals surface area contributed by atoms with Gasteiger partial charge in [-0.05, 0) is 111 Å². The quantitative estimate of drug-likeness (QED) is 0.0277. The topological polar surface area (TPSA) is 435 Å². The van der Waals surface area contributed by atoms with Crippen LogP contribution in [0.25, 0.3) is 0 Å². The molecule has 4 saturated heterocycles. The van der Waals surface area contributed by atoms with Crippen molar-refractivity contribution < 1.29 is 83.7 Å². The summed E-state index contributed by atoms with van der Waals surface area (Å²) in [5.41, 5.74) is 2.62. The van der Waals surface area contributed by atoms with E-state index in [2.05, 4.69) is 47.9 Å². The molecule has 4 aliphatic heterocycles. The first kappa shape index (κ1) is 87.7. The molecule has 2 bridgehead atoms. The van der Waals surface area contributed by atoms with Crippen LogP contribution in [0, 0.1) is 5.92 Å². The van der Waals surface area contributed by atoms with Crippen LogP contribution in [-0.2, 0) is 78.5 Å². The molecule has 5 fully saturated rings. The van der Waals surface area contributed by atoms with Crippen LogP contribution in [0.1, 0.15) is 91.3 Å². The number of rotatable bonds is 27. The Morgan fingerprint density at radius 2 is 0.757 bits per heavy atom. The van der Waals surface area contributed by atoms with Crippen LogP contribution in [-0.4, -0.2) is 186 Å². The molecule has 0 radical (unpaired) electrons. The smallest absolute Gasteiger partial charge is 0.328 e. The van der Waals surface area contributed by atoms with E-state index in [1.807, 2.05) is 91.0 Å².